The molecule has 0 fully saturated rings. The number of hydrazone groups is 1. The molecule has 0 aliphatic rings. The van der Waals surface area contributed by atoms with Gasteiger partial charge in [-0.15, -0.1) is 0 Å². The SMILES string of the molecule is CONCCN(C)/N=C(\C)I. The van der Waals surface area contributed by atoms with E-state index in [2.05, 4.69) is 38.0 Å². The molecule has 1 N–H and O–H groups in total. The highest BCUT2D eigenvalue weighted by molar-refractivity contribution is 14.1. The summed E-state index contributed by atoms with van der Waals surface area (Å²) in [5, 5.41) is 6.06. The lowest BCUT2D eigenvalue weighted by Gasteiger charge is -2.12. The van der Waals surface area contributed by atoms with E-state index in [1.807, 2.05) is 19.0 Å². The molecule has 0 unspecified atom stereocenters. The molecule has 0 saturated heterocycles. The summed E-state index contributed by atoms with van der Waals surface area (Å²) < 4.78 is 1.03. The van der Waals surface area contributed by atoms with Gasteiger partial charge >= 0.3 is 0 Å². The molecule has 0 aromatic heterocycles. The second-order valence-electron chi connectivity index (χ2n) is 2.08. The van der Waals surface area contributed by atoms with Gasteiger partial charge in [0, 0.05) is 13.6 Å². The summed E-state index contributed by atoms with van der Waals surface area (Å²) in [6.07, 6.45) is 0. The van der Waals surface area contributed by atoms with E-state index in [4.69, 9.17) is 0 Å². The van der Waals surface area contributed by atoms with Gasteiger partial charge in [-0.2, -0.15) is 5.10 Å². The molecule has 0 aliphatic carbocycles. The number of nitrogens with one attached hydrogen (secondary N) is 1. The number of hydrogen-bond donors (Lipinski definition) is 1. The number of likely N-dealkylation sites (N-methyl/N-ethyl adjacent to an activating group) is 1. The summed E-state index contributed by atoms with van der Waals surface area (Å²) in [5.74, 6) is 0. The molecule has 0 saturated carbocycles. The molecule has 0 spiro atoms. The molecule has 11 heavy (non-hydrogen) atoms. The largest absolute Gasteiger partial charge is 0.305 e. The first-order chi connectivity index (χ1) is 5.16. The zero-order chi connectivity index (χ0) is 8.69. The summed E-state index contributed by atoms with van der Waals surface area (Å²) in [6.45, 7) is 3.58. The van der Waals surface area contributed by atoms with Gasteiger partial charge in [-0.25, -0.2) is 5.48 Å². The van der Waals surface area contributed by atoms with E-state index in [0.29, 0.717) is 0 Å². The number of hydroxylamine groups is 1. The van der Waals surface area contributed by atoms with Crippen molar-refractivity contribution in [2.75, 3.05) is 27.2 Å². The highest BCUT2D eigenvalue weighted by Gasteiger charge is 1.91. The minimum atomic E-state index is 0.778. The lowest BCUT2D eigenvalue weighted by Crippen LogP contribution is -2.25. The number of rotatable bonds is 5. The molecule has 0 radical (unpaired) electrons. The van der Waals surface area contributed by atoms with Crippen LogP contribution in [0.4, 0.5) is 0 Å². The van der Waals surface area contributed by atoms with E-state index in [1.165, 1.54) is 0 Å². The van der Waals surface area contributed by atoms with Gasteiger partial charge in [0.1, 0.15) is 0 Å². The average molecular weight is 271 g/mol. The van der Waals surface area contributed by atoms with Gasteiger partial charge in [0.15, 0.2) is 0 Å². The van der Waals surface area contributed by atoms with Crippen molar-refractivity contribution in [2.45, 2.75) is 6.92 Å². The van der Waals surface area contributed by atoms with E-state index in [0.717, 1.165) is 16.8 Å². The van der Waals surface area contributed by atoms with E-state index >= 15 is 0 Å². The topological polar surface area (TPSA) is 36.9 Å². The lowest BCUT2D eigenvalue weighted by molar-refractivity contribution is 0.0852. The van der Waals surface area contributed by atoms with E-state index in [-0.39, 0.29) is 0 Å². The minimum absolute atomic E-state index is 0.778. The third-order valence-electron chi connectivity index (χ3n) is 0.990. The molecule has 0 bridgehead atoms. The van der Waals surface area contributed by atoms with Crippen molar-refractivity contribution in [3.63, 3.8) is 0 Å². The monoisotopic (exact) mass is 271 g/mol. The summed E-state index contributed by atoms with van der Waals surface area (Å²) in [6, 6.07) is 0. The Balaban J connectivity index is 3.37. The predicted molar refractivity (Wildman–Crippen MR) is 54.8 cm³/mol. The van der Waals surface area contributed by atoms with Crippen LogP contribution in [0.2, 0.25) is 0 Å². The maximum Gasteiger partial charge on any atom is 0.0953 e. The van der Waals surface area contributed by atoms with Gasteiger partial charge < -0.3 is 4.84 Å². The fraction of sp³-hybridized carbons (Fsp3) is 0.833. The molecular weight excluding hydrogens is 257 g/mol. The Morgan fingerprint density at radius 1 is 1.73 bits per heavy atom. The molecule has 0 aromatic rings. The van der Waals surface area contributed by atoms with Gasteiger partial charge in [0.25, 0.3) is 0 Å². The number of halogens is 1. The summed E-state index contributed by atoms with van der Waals surface area (Å²) in [4.78, 5) is 4.67. The first-order valence-electron chi connectivity index (χ1n) is 3.34. The van der Waals surface area contributed by atoms with Crippen molar-refractivity contribution in [1.82, 2.24) is 10.5 Å². The maximum absolute atomic E-state index is 4.67. The second-order valence-corrected chi connectivity index (χ2v) is 3.64. The molecule has 0 aliphatic heterocycles. The van der Waals surface area contributed by atoms with Crippen LogP contribution in [0, 0.1) is 0 Å². The number of hydrogen-bond acceptors (Lipinski definition) is 4. The van der Waals surface area contributed by atoms with Crippen molar-refractivity contribution in [2.24, 2.45) is 5.10 Å². The molecule has 4 nitrogen and oxygen atoms in total. The summed E-state index contributed by atoms with van der Waals surface area (Å²) >= 11 is 2.18. The summed E-state index contributed by atoms with van der Waals surface area (Å²) in [7, 11) is 3.53. The molecule has 0 rings (SSSR count). The minimum Gasteiger partial charge on any atom is -0.305 e. The Kier molecular flexibility index (Phi) is 6.88. The fourth-order valence-corrected chi connectivity index (χ4v) is 0.963. The Morgan fingerprint density at radius 2 is 2.36 bits per heavy atom. The molecule has 5 heteroatoms. The van der Waals surface area contributed by atoms with Crippen molar-refractivity contribution >= 4 is 26.3 Å². The van der Waals surface area contributed by atoms with Crippen molar-refractivity contribution < 1.29 is 4.84 Å². The molecule has 0 heterocycles. The van der Waals surface area contributed by atoms with Crippen LogP contribution in [0.3, 0.4) is 0 Å². The van der Waals surface area contributed by atoms with Gasteiger partial charge in [0.2, 0.25) is 0 Å². The second kappa shape index (κ2) is 6.81. The molecule has 66 valence electrons. The van der Waals surface area contributed by atoms with Crippen molar-refractivity contribution in [3.8, 4) is 0 Å². The standard InChI is InChI=1S/C6H14IN3O/c1-6(7)9-10(2)5-4-8-11-3/h8H,4-5H2,1-3H3/b9-6+. The highest BCUT2D eigenvalue weighted by Crippen LogP contribution is 1.91. The van der Waals surface area contributed by atoms with Crippen LogP contribution in [0.25, 0.3) is 0 Å². The van der Waals surface area contributed by atoms with Crippen LogP contribution < -0.4 is 5.48 Å². The van der Waals surface area contributed by atoms with Crippen molar-refractivity contribution in [1.29, 1.82) is 0 Å². The van der Waals surface area contributed by atoms with Gasteiger partial charge in [-0.05, 0) is 29.5 Å². The molecular formula is C6H14IN3O. The van der Waals surface area contributed by atoms with Crippen LogP contribution in [0.5, 0.6) is 0 Å². The van der Waals surface area contributed by atoms with Gasteiger partial charge in [-0.1, -0.05) is 0 Å². The fourth-order valence-electron chi connectivity index (χ4n) is 0.595. The van der Waals surface area contributed by atoms with E-state index in [9.17, 15) is 0 Å². The third kappa shape index (κ3) is 8.02. The van der Waals surface area contributed by atoms with Crippen LogP contribution in [-0.2, 0) is 4.84 Å². The third-order valence-corrected chi connectivity index (χ3v) is 1.21. The van der Waals surface area contributed by atoms with Gasteiger partial charge in [-0.3, -0.25) is 5.01 Å². The first kappa shape index (κ1) is 11.1. The Bertz CT molecular complexity index is 125. The van der Waals surface area contributed by atoms with Crippen LogP contribution >= 0.6 is 22.6 Å². The smallest absolute Gasteiger partial charge is 0.0953 e. The van der Waals surface area contributed by atoms with Gasteiger partial charge in [0.05, 0.1) is 17.4 Å². The zero-order valence-corrected chi connectivity index (χ0v) is 9.25. The highest BCUT2D eigenvalue weighted by atomic mass is 127. The van der Waals surface area contributed by atoms with Crippen LogP contribution in [0.15, 0.2) is 5.10 Å². The molecule has 0 atom stereocenters. The Labute approximate surface area is 81.1 Å². The molecule has 0 amide bonds. The average Bonchev–Trinajstić information content (AvgIpc) is 1.86. The quantitative estimate of drug-likeness (QED) is 0.348. The van der Waals surface area contributed by atoms with E-state index < -0.39 is 0 Å². The molecule has 0 aromatic carbocycles. The maximum atomic E-state index is 4.67. The van der Waals surface area contributed by atoms with Crippen molar-refractivity contribution in [3.05, 3.63) is 0 Å². The Hall–Kier alpha value is 0.120. The van der Waals surface area contributed by atoms with E-state index in [1.54, 1.807) is 7.11 Å². The predicted octanol–water partition coefficient (Wildman–Crippen LogP) is 0.838. The normalized spacial score (nSPS) is 11.8. The zero-order valence-electron chi connectivity index (χ0n) is 7.09. The summed E-state index contributed by atoms with van der Waals surface area (Å²) in [5.41, 5.74) is 2.74. The van der Waals surface area contributed by atoms with Crippen LogP contribution in [0.1, 0.15) is 6.92 Å². The van der Waals surface area contributed by atoms with Crippen LogP contribution in [-0.4, -0.2) is 36.0 Å². The first-order valence-corrected chi connectivity index (χ1v) is 4.42. The Morgan fingerprint density at radius 3 is 2.82 bits per heavy atom. The number of nitrogens with zero attached hydrogens (tertiary/aromatic N) is 2. The lowest BCUT2D eigenvalue weighted by atomic mass is 10.6.